The Balaban J connectivity index is 1.40. The molecule has 11 heteroatoms. The number of aromatic amines is 1. The molecule has 0 aliphatic heterocycles. The van der Waals surface area contributed by atoms with Gasteiger partial charge < -0.3 is 4.74 Å². The summed E-state index contributed by atoms with van der Waals surface area (Å²) in [6.45, 7) is 4.56. The van der Waals surface area contributed by atoms with Gasteiger partial charge in [0, 0.05) is 35.2 Å². The monoisotopic (exact) mass is 607 g/mol. The lowest BCUT2D eigenvalue weighted by Crippen LogP contribution is -2.32. The van der Waals surface area contributed by atoms with Crippen molar-refractivity contribution < 1.29 is 9.26 Å². The fourth-order valence-electron chi connectivity index (χ4n) is 5.99. The second-order valence-corrected chi connectivity index (χ2v) is 11.3. The molecule has 1 aliphatic carbocycles. The topological polar surface area (TPSA) is 142 Å². The van der Waals surface area contributed by atoms with Gasteiger partial charge in [-0.25, -0.2) is 24.3 Å². The van der Waals surface area contributed by atoms with Gasteiger partial charge in [0.15, 0.2) is 11.6 Å². The maximum absolute atomic E-state index is 14.5. The molecule has 6 rings (SSSR count). The van der Waals surface area contributed by atoms with Crippen LogP contribution in [0.4, 0.5) is 0 Å². The van der Waals surface area contributed by atoms with Gasteiger partial charge in [-0.1, -0.05) is 68.1 Å². The van der Waals surface area contributed by atoms with Crippen molar-refractivity contribution in [1.82, 2.24) is 34.6 Å². The van der Waals surface area contributed by atoms with Crippen molar-refractivity contribution in [1.29, 1.82) is 0 Å². The molecule has 0 saturated heterocycles. The Morgan fingerprint density at radius 3 is 2.40 bits per heavy atom. The first-order valence-electron chi connectivity index (χ1n) is 15.8. The molecule has 0 atom stereocenters. The summed E-state index contributed by atoms with van der Waals surface area (Å²) in [6, 6.07) is 11.4. The zero-order valence-corrected chi connectivity index (χ0v) is 25.7. The smallest absolute Gasteiger partial charge is 0.439 e. The average molecular weight is 608 g/mol. The van der Waals surface area contributed by atoms with Crippen LogP contribution < -0.4 is 16.1 Å². The van der Waals surface area contributed by atoms with Gasteiger partial charge in [-0.2, -0.15) is 0 Å². The molecule has 45 heavy (non-hydrogen) atoms. The first-order valence-corrected chi connectivity index (χ1v) is 15.8. The van der Waals surface area contributed by atoms with E-state index in [1.807, 2.05) is 43.3 Å². The van der Waals surface area contributed by atoms with Crippen LogP contribution in [0, 0.1) is 0 Å². The highest BCUT2D eigenvalue weighted by atomic mass is 16.5. The molecule has 1 saturated carbocycles. The maximum atomic E-state index is 14.5. The van der Waals surface area contributed by atoms with Crippen molar-refractivity contribution in [2.24, 2.45) is 0 Å². The summed E-state index contributed by atoms with van der Waals surface area (Å²) in [7, 11) is 0. The number of rotatable bonds is 11. The lowest BCUT2D eigenvalue weighted by molar-refractivity contribution is 0.337. The number of benzene rings is 1. The van der Waals surface area contributed by atoms with E-state index < -0.39 is 5.76 Å². The van der Waals surface area contributed by atoms with Crippen molar-refractivity contribution in [3.8, 4) is 34.3 Å². The zero-order valence-electron chi connectivity index (χ0n) is 25.7. The summed E-state index contributed by atoms with van der Waals surface area (Å²) in [5.41, 5.74) is 4.43. The molecule has 11 nitrogen and oxygen atoms in total. The summed E-state index contributed by atoms with van der Waals surface area (Å²) in [6.07, 6.45) is 13.5. The minimum Gasteiger partial charge on any atom is -0.491 e. The van der Waals surface area contributed by atoms with E-state index in [-0.39, 0.29) is 11.5 Å². The Kier molecular flexibility index (Phi) is 9.23. The molecule has 0 amide bonds. The quantitative estimate of drug-likeness (QED) is 0.197. The highest BCUT2D eigenvalue weighted by molar-refractivity contribution is 5.78. The number of ether oxygens (including phenoxy) is 1. The zero-order chi connectivity index (χ0) is 31.2. The van der Waals surface area contributed by atoms with Crippen molar-refractivity contribution in [3.05, 3.63) is 98.5 Å². The molecular formula is C34H37N7O4. The van der Waals surface area contributed by atoms with Crippen LogP contribution in [-0.4, -0.2) is 41.3 Å². The molecule has 1 fully saturated rings. The molecule has 0 unspecified atom stereocenters. The van der Waals surface area contributed by atoms with E-state index in [1.165, 1.54) is 6.42 Å². The molecule has 1 aromatic carbocycles. The number of H-pyrrole nitrogens is 1. The van der Waals surface area contributed by atoms with E-state index in [4.69, 9.17) is 19.2 Å². The second kappa shape index (κ2) is 13.8. The highest BCUT2D eigenvalue weighted by Crippen LogP contribution is 2.33. The van der Waals surface area contributed by atoms with Gasteiger partial charge in [0.2, 0.25) is 5.95 Å². The summed E-state index contributed by atoms with van der Waals surface area (Å²) < 4.78 is 11.9. The van der Waals surface area contributed by atoms with Crippen molar-refractivity contribution in [2.75, 3.05) is 6.61 Å². The number of aromatic nitrogens is 7. The van der Waals surface area contributed by atoms with Gasteiger partial charge in [0.1, 0.15) is 5.82 Å². The Morgan fingerprint density at radius 2 is 1.73 bits per heavy atom. The van der Waals surface area contributed by atoms with Gasteiger partial charge in [0.05, 0.1) is 30.4 Å². The average Bonchev–Trinajstić information content (AvgIpc) is 3.52. The number of nitrogens with zero attached hydrogens (tertiary/aromatic N) is 6. The molecule has 0 bridgehead atoms. The Bertz CT molecular complexity index is 1850. The van der Waals surface area contributed by atoms with E-state index in [0.29, 0.717) is 47.4 Å². The summed E-state index contributed by atoms with van der Waals surface area (Å²) >= 11 is 0. The molecule has 4 aromatic heterocycles. The number of pyridine rings is 1. The number of unbranched alkanes of at least 4 members (excludes halogenated alkanes) is 1. The molecule has 1 N–H and O–H groups in total. The third-order valence-corrected chi connectivity index (χ3v) is 8.26. The van der Waals surface area contributed by atoms with E-state index in [2.05, 4.69) is 27.0 Å². The van der Waals surface area contributed by atoms with Crippen LogP contribution in [0.1, 0.15) is 87.4 Å². The first-order chi connectivity index (χ1) is 22.1. The fourth-order valence-corrected chi connectivity index (χ4v) is 5.99. The van der Waals surface area contributed by atoms with Crippen LogP contribution in [0.2, 0.25) is 0 Å². The molecule has 232 valence electrons. The van der Waals surface area contributed by atoms with Crippen LogP contribution in [0.3, 0.4) is 0 Å². The SMILES string of the molecule is CCCCc1nc(C2CCCCC2)n(-c2ncc(OCC)cn2)c(=O)c1Cc1ccc(-c2ccccc2-c2noc(=O)[nH]2)nc1. The second-order valence-electron chi connectivity index (χ2n) is 11.3. The number of nitrogens with one attached hydrogen (secondary N) is 1. The van der Waals surface area contributed by atoms with Crippen LogP contribution in [0.25, 0.3) is 28.6 Å². The molecule has 1 aliphatic rings. The molecule has 0 spiro atoms. The van der Waals surface area contributed by atoms with Gasteiger partial charge in [-0.05, 0) is 44.2 Å². The van der Waals surface area contributed by atoms with Crippen molar-refractivity contribution in [2.45, 2.75) is 77.6 Å². The van der Waals surface area contributed by atoms with Crippen LogP contribution in [-0.2, 0) is 12.8 Å². The number of hydrogen-bond acceptors (Lipinski definition) is 9. The van der Waals surface area contributed by atoms with Crippen molar-refractivity contribution >= 4 is 0 Å². The van der Waals surface area contributed by atoms with Crippen LogP contribution in [0.5, 0.6) is 5.75 Å². The third kappa shape index (κ3) is 6.62. The molecule has 4 heterocycles. The number of hydrogen-bond donors (Lipinski definition) is 1. The summed E-state index contributed by atoms with van der Waals surface area (Å²) in [5, 5.41) is 3.85. The minimum absolute atomic E-state index is 0.134. The summed E-state index contributed by atoms with van der Waals surface area (Å²) in [4.78, 5) is 47.7. The fraction of sp³-hybridized carbons (Fsp3) is 0.382. The van der Waals surface area contributed by atoms with Gasteiger partial charge >= 0.3 is 5.76 Å². The first kappa shape index (κ1) is 30.1. The summed E-state index contributed by atoms with van der Waals surface area (Å²) in [5.74, 6) is 1.53. The van der Waals surface area contributed by atoms with E-state index in [9.17, 15) is 9.59 Å². The third-order valence-electron chi connectivity index (χ3n) is 8.26. The Hall–Kier alpha value is -4.93. The van der Waals surface area contributed by atoms with Crippen molar-refractivity contribution in [3.63, 3.8) is 0 Å². The molecular weight excluding hydrogens is 570 g/mol. The highest BCUT2D eigenvalue weighted by Gasteiger charge is 2.26. The normalized spacial score (nSPS) is 13.6. The van der Waals surface area contributed by atoms with Crippen LogP contribution in [0.15, 0.2) is 69.1 Å². The predicted molar refractivity (Wildman–Crippen MR) is 170 cm³/mol. The lowest BCUT2D eigenvalue weighted by atomic mass is 9.88. The molecule has 5 aromatic rings. The van der Waals surface area contributed by atoms with Crippen LogP contribution >= 0.6 is 0 Å². The largest absolute Gasteiger partial charge is 0.491 e. The Labute approximate surface area is 260 Å². The van der Waals surface area contributed by atoms with Gasteiger partial charge in [-0.3, -0.25) is 19.3 Å². The lowest BCUT2D eigenvalue weighted by Gasteiger charge is -2.25. The molecule has 0 radical (unpaired) electrons. The van der Waals surface area contributed by atoms with E-state index >= 15 is 0 Å². The van der Waals surface area contributed by atoms with E-state index in [1.54, 1.807) is 23.2 Å². The van der Waals surface area contributed by atoms with Gasteiger partial charge in [-0.15, -0.1) is 0 Å². The van der Waals surface area contributed by atoms with Gasteiger partial charge in [0.25, 0.3) is 5.56 Å². The Morgan fingerprint density at radius 1 is 0.956 bits per heavy atom. The maximum Gasteiger partial charge on any atom is 0.439 e. The predicted octanol–water partition coefficient (Wildman–Crippen LogP) is 5.81. The minimum atomic E-state index is -0.619. The number of aryl methyl sites for hydroxylation is 1. The standard InChI is InChI=1S/C34H37N7O4/c1-3-5-15-29-27(18-22-16-17-28(35-19-22)25-13-9-10-14-26(25)30-39-34(43)45-40-30)32(42)41(31(38-29)23-11-7-6-8-12-23)33-36-20-24(21-37-33)44-4-2/h9-10,13-14,16-17,19-21,23H,3-8,11-12,15,18H2,1-2H3,(H,39,40,43). The van der Waals surface area contributed by atoms with E-state index in [0.717, 1.165) is 67.6 Å².